The van der Waals surface area contributed by atoms with Gasteiger partial charge in [0.1, 0.15) is 11.1 Å². The number of rotatable bonds is 4. The summed E-state index contributed by atoms with van der Waals surface area (Å²) in [6, 6.07) is 20.1. The fraction of sp³-hybridized carbons (Fsp3) is 0.0556. The maximum atomic E-state index is 9.60. The van der Waals surface area contributed by atoms with Crippen molar-refractivity contribution in [3.8, 4) is 33.8 Å². The minimum absolute atomic E-state index is 0.268. The molecule has 2 aromatic heterocycles. The first kappa shape index (κ1) is 15.3. The average molecular weight is 333 g/mol. The van der Waals surface area contributed by atoms with Crippen LogP contribution in [0, 0.1) is 22.7 Å². The summed E-state index contributed by atoms with van der Waals surface area (Å²) in [7, 11) is 0. The summed E-state index contributed by atoms with van der Waals surface area (Å²) in [6.07, 6.45) is 0. The maximum absolute atomic E-state index is 9.60. The maximum Gasteiger partial charge on any atom is 0.116 e. The third-order valence-corrected chi connectivity index (χ3v) is 4.96. The van der Waals surface area contributed by atoms with Crippen LogP contribution in [-0.4, -0.2) is 10.7 Å². The molecule has 0 unspecified atom stereocenters. The summed E-state index contributed by atoms with van der Waals surface area (Å²) in [4.78, 5) is 5.66. The van der Waals surface area contributed by atoms with Crippen molar-refractivity contribution in [2.45, 2.75) is 5.03 Å². The number of hydrogen-bond donors (Lipinski definition) is 0. The lowest BCUT2D eigenvalue weighted by molar-refractivity contribution is 1.12. The molecule has 5 heteroatoms. The first-order valence-electron chi connectivity index (χ1n) is 6.87. The molecule has 0 atom stereocenters. The summed E-state index contributed by atoms with van der Waals surface area (Å²) in [5, 5.41) is 21.1. The summed E-state index contributed by atoms with van der Waals surface area (Å²) < 4.78 is 0. The normalized spacial score (nSPS) is 10.0. The second-order valence-electron chi connectivity index (χ2n) is 4.64. The van der Waals surface area contributed by atoms with Crippen molar-refractivity contribution in [1.82, 2.24) is 4.98 Å². The van der Waals surface area contributed by atoms with Gasteiger partial charge in [0.05, 0.1) is 28.0 Å². The van der Waals surface area contributed by atoms with Crippen LogP contribution in [0.5, 0.6) is 0 Å². The first-order chi connectivity index (χ1) is 11.3. The van der Waals surface area contributed by atoms with Crippen molar-refractivity contribution in [1.29, 1.82) is 10.5 Å². The molecule has 0 N–H and O–H groups in total. The molecule has 0 radical (unpaired) electrons. The fourth-order valence-corrected chi connectivity index (χ4v) is 3.58. The van der Waals surface area contributed by atoms with Gasteiger partial charge in [-0.1, -0.05) is 48.2 Å². The zero-order valence-electron chi connectivity index (χ0n) is 12.1. The average Bonchev–Trinajstić information content (AvgIpc) is 3.14. The number of hydrogen-bond acceptors (Lipinski definition) is 5. The van der Waals surface area contributed by atoms with Crippen molar-refractivity contribution in [2.75, 3.05) is 5.75 Å². The second kappa shape index (κ2) is 7.11. The van der Waals surface area contributed by atoms with E-state index in [0.29, 0.717) is 10.6 Å². The lowest BCUT2D eigenvalue weighted by Crippen LogP contribution is -1.95. The Balaban J connectivity index is 2.22. The molecule has 0 aliphatic rings. The summed E-state index contributed by atoms with van der Waals surface area (Å²) in [6.45, 7) is 0. The van der Waals surface area contributed by atoms with Crippen LogP contribution in [0.2, 0.25) is 0 Å². The van der Waals surface area contributed by atoms with Crippen molar-refractivity contribution in [3.63, 3.8) is 0 Å². The molecule has 0 saturated carbocycles. The number of aromatic nitrogens is 1. The molecule has 0 aliphatic carbocycles. The zero-order valence-corrected chi connectivity index (χ0v) is 13.7. The Morgan fingerprint density at radius 1 is 1.09 bits per heavy atom. The monoisotopic (exact) mass is 333 g/mol. The fourth-order valence-electron chi connectivity index (χ4n) is 2.23. The number of thioether (sulfide) groups is 1. The highest BCUT2D eigenvalue weighted by Crippen LogP contribution is 2.35. The zero-order chi connectivity index (χ0) is 16.1. The van der Waals surface area contributed by atoms with E-state index in [1.807, 2.05) is 53.9 Å². The minimum Gasteiger partial charge on any atom is -0.239 e. The van der Waals surface area contributed by atoms with E-state index in [4.69, 9.17) is 5.26 Å². The van der Waals surface area contributed by atoms with Crippen LogP contribution in [0.3, 0.4) is 0 Å². The lowest BCUT2D eigenvalue weighted by Gasteiger charge is -2.10. The lowest BCUT2D eigenvalue weighted by atomic mass is 10.0. The topological polar surface area (TPSA) is 60.5 Å². The number of nitriles is 2. The van der Waals surface area contributed by atoms with Crippen LogP contribution in [-0.2, 0) is 0 Å². The molecule has 0 saturated heterocycles. The minimum atomic E-state index is 0.268. The SMILES string of the molecule is N#CCSc1nc(-c2cccs2)cc(-c2ccccc2)c1C#N. The molecule has 0 bridgehead atoms. The standard InChI is InChI=1S/C18H11N3S2/c19-8-10-23-18-15(12-20)14(13-5-2-1-3-6-13)11-16(21-18)17-7-4-9-22-17/h1-7,9,11H,10H2. The molecule has 0 amide bonds. The molecule has 3 nitrogen and oxygen atoms in total. The largest absolute Gasteiger partial charge is 0.239 e. The molecule has 0 fully saturated rings. The van der Waals surface area contributed by atoms with Crippen molar-refractivity contribution in [2.24, 2.45) is 0 Å². The van der Waals surface area contributed by atoms with Crippen molar-refractivity contribution in [3.05, 3.63) is 59.5 Å². The van der Waals surface area contributed by atoms with Gasteiger partial charge in [0.2, 0.25) is 0 Å². The Morgan fingerprint density at radius 3 is 2.57 bits per heavy atom. The molecule has 1 aromatic carbocycles. The third kappa shape index (κ3) is 3.27. The predicted molar refractivity (Wildman–Crippen MR) is 94.0 cm³/mol. The van der Waals surface area contributed by atoms with Crippen LogP contribution in [0.1, 0.15) is 5.56 Å². The molecule has 3 aromatic rings. The van der Waals surface area contributed by atoms with Gasteiger partial charge in [0, 0.05) is 5.56 Å². The third-order valence-electron chi connectivity index (χ3n) is 3.23. The van der Waals surface area contributed by atoms with Crippen LogP contribution in [0.25, 0.3) is 21.7 Å². The van der Waals surface area contributed by atoms with E-state index in [9.17, 15) is 5.26 Å². The quantitative estimate of drug-likeness (QED) is 0.633. The Kier molecular flexibility index (Phi) is 4.73. The Bertz CT molecular complexity index is 889. The Morgan fingerprint density at radius 2 is 1.91 bits per heavy atom. The molecule has 23 heavy (non-hydrogen) atoms. The molecule has 110 valence electrons. The molecule has 3 rings (SSSR count). The van der Waals surface area contributed by atoms with Crippen LogP contribution >= 0.6 is 23.1 Å². The van der Waals surface area contributed by atoms with E-state index in [1.165, 1.54) is 11.8 Å². The van der Waals surface area contributed by atoms with Gasteiger partial charge < -0.3 is 0 Å². The van der Waals surface area contributed by atoms with E-state index in [2.05, 4.69) is 17.1 Å². The van der Waals surface area contributed by atoms with Crippen LogP contribution in [0.15, 0.2) is 58.9 Å². The summed E-state index contributed by atoms with van der Waals surface area (Å²) in [5.74, 6) is 0.268. The molecule has 0 spiro atoms. The highest BCUT2D eigenvalue weighted by Gasteiger charge is 2.15. The molecule has 0 aliphatic heterocycles. The van der Waals surface area contributed by atoms with Gasteiger partial charge in [0.15, 0.2) is 0 Å². The van der Waals surface area contributed by atoms with Gasteiger partial charge in [-0.15, -0.1) is 11.3 Å². The predicted octanol–water partition coefficient (Wildman–Crippen LogP) is 4.96. The van der Waals surface area contributed by atoms with E-state index in [0.717, 1.165) is 21.7 Å². The van der Waals surface area contributed by atoms with Crippen LogP contribution in [0.4, 0.5) is 0 Å². The van der Waals surface area contributed by atoms with Gasteiger partial charge in [-0.2, -0.15) is 10.5 Å². The molecule has 2 heterocycles. The van der Waals surface area contributed by atoms with Gasteiger partial charge in [0.25, 0.3) is 0 Å². The van der Waals surface area contributed by atoms with Gasteiger partial charge in [-0.25, -0.2) is 4.98 Å². The first-order valence-corrected chi connectivity index (χ1v) is 8.74. The van der Waals surface area contributed by atoms with Gasteiger partial charge in [-0.3, -0.25) is 0 Å². The second-order valence-corrected chi connectivity index (χ2v) is 6.55. The van der Waals surface area contributed by atoms with Crippen molar-refractivity contribution >= 4 is 23.1 Å². The number of thiophene rings is 1. The number of nitrogens with zero attached hydrogens (tertiary/aromatic N) is 3. The van der Waals surface area contributed by atoms with E-state index >= 15 is 0 Å². The van der Waals surface area contributed by atoms with Gasteiger partial charge >= 0.3 is 0 Å². The summed E-state index contributed by atoms with van der Waals surface area (Å²) in [5.41, 5.74) is 3.19. The van der Waals surface area contributed by atoms with Gasteiger partial charge in [-0.05, 0) is 23.1 Å². The highest BCUT2D eigenvalue weighted by atomic mass is 32.2. The molecular weight excluding hydrogens is 322 g/mol. The van der Waals surface area contributed by atoms with E-state index in [1.54, 1.807) is 11.3 Å². The highest BCUT2D eigenvalue weighted by molar-refractivity contribution is 7.99. The number of pyridine rings is 1. The van der Waals surface area contributed by atoms with Crippen molar-refractivity contribution < 1.29 is 0 Å². The Labute approximate surface area is 142 Å². The Hall–Kier alpha value is -2.60. The van der Waals surface area contributed by atoms with Crippen LogP contribution < -0.4 is 0 Å². The number of benzene rings is 1. The smallest absolute Gasteiger partial charge is 0.116 e. The van der Waals surface area contributed by atoms with E-state index in [-0.39, 0.29) is 5.75 Å². The molecular formula is C18H11N3S2. The van der Waals surface area contributed by atoms with E-state index < -0.39 is 0 Å². The summed E-state index contributed by atoms with van der Waals surface area (Å²) >= 11 is 2.91.